The minimum absolute atomic E-state index is 0.0291. The molecule has 2 atom stereocenters. The third-order valence-electron chi connectivity index (χ3n) is 4.80. The third kappa shape index (κ3) is 7.23. The van der Waals surface area contributed by atoms with Crippen molar-refractivity contribution in [1.29, 1.82) is 0 Å². The van der Waals surface area contributed by atoms with Crippen molar-refractivity contribution in [3.05, 3.63) is 94.0 Å². The number of nitrogens with zero attached hydrogens (tertiary/aromatic N) is 1. The number of rotatable bonds is 9. The number of phenols is 1. The van der Waals surface area contributed by atoms with E-state index in [1.54, 1.807) is 37.3 Å². The van der Waals surface area contributed by atoms with Gasteiger partial charge in [-0.15, -0.1) is 0 Å². The number of hydrogen-bond donors (Lipinski definition) is 3. The fourth-order valence-corrected chi connectivity index (χ4v) is 3.46. The van der Waals surface area contributed by atoms with Gasteiger partial charge in [-0.1, -0.05) is 65.7 Å². The van der Waals surface area contributed by atoms with Crippen LogP contribution in [-0.4, -0.2) is 35.3 Å². The summed E-state index contributed by atoms with van der Waals surface area (Å²) in [5, 5.41) is 17.2. The van der Waals surface area contributed by atoms with E-state index in [9.17, 15) is 14.7 Å². The molecule has 3 aromatic rings. The number of ether oxygens (including phenoxy) is 1. The molecule has 0 saturated carbocycles. The number of amides is 2. The molecule has 34 heavy (non-hydrogen) atoms. The molecule has 3 N–H and O–H groups in total. The van der Waals surface area contributed by atoms with E-state index in [2.05, 4.69) is 15.8 Å². The second-order valence-corrected chi connectivity index (χ2v) is 8.22. The molecule has 0 unspecified atom stereocenters. The maximum absolute atomic E-state index is 12.9. The molecular weight excluding hydrogens is 477 g/mol. The van der Waals surface area contributed by atoms with Gasteiger partial charge < -0.3 is 15.2 Å². The van der Waals surface area contributed by atoms with Gasteiger partial charge in [0, 0.05) is 17.0 Å². The lowest BCUT2D eigenvalue weighted by Crippen LogP contribution is -2.50. The second kappa shape index (κ2) is 12.1. The Morgan fingerprint density at radius 1 is 1.03 bits per heavy atom. The van der Waals surface area contributed by atoms with E-state index in [1.165, 1.54) is 18.3 Å². The maximum atomic E-state index is 12.9. The first-order chi connectivity index (χ1) is 16.3. The molecule has 0 fully saturated rings. The van der Waals surface area contributed by atoms with E-state index < -0.39 is 24.0 Å². The highest BCUT2D eigenvalue weighted by Crippen LogP contribution is 2.28. The summed E-state index contributed by atoms with van der Waals surface area (Å²) in [6.45, 7) is 1.55. The maximum Gasteiger partial charge on any atom is 0.262 e. The molecule has 2 amide bonds. The first kappa shape index (κ1) is 25.1. The van der Waals surface area contributed by atoms with Crippen molar-refractivity contribution >= 4 is 41.2 Å². The Labute approximate surface area is 207 Å². The summed E-state index contributed by atoms with van der Waals surface area (Å²) in [5.74, 6) is -0.709. The largest absolute Gasteiger partial charge is 0.507 e. The number of carbonyl (C=O) groups excluding carboxylic acids is 2. The molecule has 3 aromatic carbocycles. The van der Waals surface area contributed by atoms with Gasteiger partial charge in [0.25, 0.3) is 11.8 Å². The van der Waals surface area contributed by atoms with Crippen LogP contribution in [0.1, 0.15) is 18.1 Å². The normalized spacial score (nSPS) is 12.7. The van der Waals surface area contributed by atoms with Crippen molar-refractivity contribution < 1.29 is 19.4 Å². The number of benzene rings is 3. The van der Waals surface area contributed by atoms with Crippen LogP contribution in [-0.2, 0) is 16.0 Å². The van der Waals surface area contributed by atoms with Crippen LogP contribution in [0.3, 0.4) is 0 Å². The van der Waals surface area contributed by atoms with Crippen molar-refractivity contribution in [2.24, 2.45) is 5.10 Å². The Morgan fingerprint density at radius 2 is 1.74 bits per heavy atom. The minimum Gasteiger partial charge on any atom is -0.507 e. The van der Waals surface area contributed by atoms with E-state index in [1.807, 2.05) is 30.3 Å². The molecule has 0 heterocycles. The zero-order valence-electron chi connectivity index (χ0n) is 18.2. The van der Waals surface area contributed by atoms with E-state index in [0.717, 1.165) is 5.56 Å². The lowest BCUT2D eigenvalue weighted by atomic mass is 10.1. The van der Waals surface area contributed by atoms with Crippen LogP contribution in [0.25, 0.3) is 0 Å². The van der Waals surface area contributed by atoms with Crippen LogP contribution >= 0.6 is 23.2 Å². The SMILES string of the molecule is C[C@@H](Oc1ccc(Cl)cc1Cl)C(=O)N[C@@H](Cc1ccccc1)C(=O)N/N=C\c1ccccc1O. The third-order valence-corrected chi connectivity index (χ3v) is 5.33. The Balaban J connectivity index is 1.69. The van der Waals surface area contributed by atoms with Gasteiger partial charge in [0.15, 0.2) is 6.10 Å². The summed E-state index contributed by atoms with van der Waals surface area (Å²) in [6.07, 6.45) is 0.622. The summed E-state index contributed by atoms with van der Waals surface area (Å²) in [7, 11) is 0. The van der Waals surface area contributed by atoms with Gasteiger partial charge in [0.05, 0.1) is 11.2 Å². The van der Waals surface area contributed by atoms with Crippen molar-refractivity contribution in [3.8, 4) is 11.5 Å². The van der Waals surface area contributed by atoms with Gasteiger partial charge in [-0.25, -0.2) is 5.43 Å². The monoisotopic (exact) mass is 499 g/mol. The molecule has 0 aliphatic heterocycles. The molecule has 0 bridgehead atoms. The van der Waals surface area contributed by atoms with Gasteiger partial charge in [0.1, 0.15) is 17.5 Å². The standard InChI is InChI=1S/C25H23Cl2N3O4/c1-16(34-23-12-11-19(26)14-20(23)27)24(32)29-21(13-17-7-3-2-4-8-17)25(33)30-28-15-18-9-5-6-10-22(18)31/h2-12,14-16,21,31H,13H2,1H3,(H,29,32)(H,30,33)/b28-15-/t16-,21+/m1/s1. The Morgan fingerprint density at radius 3 is 2.44 bits per heavy atom. The molecule has 0 aliphatic rings. The van der Waals surface area contributed by atoms with Crippen molar-refractivity contribution in [1.82, 2.24) is 10.7 Å². The number of para-hydroxylation sites is 1. The highest BCUT2D eigenvalue weighted by Gasteiger charge is 2.25. The van der Waals surface area contributed by atoms with Crippen molar-refractivity contribution in [2.75, 3.05) is 0 Å². The average molecular weight is 500 g/mol. The average Bonchev–Trinajstić information content (AvgIpc) is 2.82. The molecule has 9 heteroatoms. The zero-order chi connectivity index (χ0) is 24.5. The van der Waals surface area contributed by atoms with Crippen LogP contribution in [0.2, 0.25) is 10.0 Å². The number of nitrogens with one attached hydrogen (secondary N) is 2. The predicted molar refractivity (Wildman–Crippen MR) is 132 cm³/mol. The number of carbonyl (C=O) groups is 2. The van der Waals surface area contributed by atoms with Crippen LogP contribution in [0.5, 0.6) is 11.5 Å². The molecule has 176 valence electrons. The Hall–Kier alpha value is -3.55. The molecule has 0 spiro atoms. The molecule has 7 nitrogen and oxygen atoms in total. The van der Waals surface area contributed by atoms with E-state index in [0.29, 0.717) is 16.3 Å². The molecule has 3 rings (SSSR count). The highest BCUT2D eigenvalue weighted by atomic mass is 35.5. The van der Waals surface area contributed by atoms with Gasteiger partial charge in [-0.05, 0) is 42.8 Å². The van der Waals surface area contributed by atoms with Crippen LogP contribution in [0.15, 0.2) is 77.9 Å². The predicted octanol–water partition coefficient (Wildman–Crippen LogP) is 4.34. The summed E-state index contributed by atoms with van der Waals surface area (Å²) >= 11 is 12.0. The van der Waals surface area contributed by atoms with Gasteiger partial charge in [-0.2, -0.15) is 5.10 Å². The number of aromatic hydroxyl groups is 1. The van der Waals surface area contributed by atoms with Crippen molar-refractivity contribution in [2.45, 2.75) is 25.5 Å². The van der Waals surface area contributed by atoms with Gasteiger partial charge in [0.2, 0.25) is 0 Å². The molecule has 0 radical (unpaired) electrons. The molecule has 0 aliphatic carbocycles. The van der Waals surface area contributed by atoms with Crippen LogP contribution in [0.4, 0.5) is 0 Å². The van der Waals surface area contributed by atoms with E-state index in [-0.39, 0.29) is 17.2 Å². The van der Waals surface area contributed by atoms with Crippen molar-refractivity contribution in [3.63, 3.8) is 0 Å². The topological polar surface area (TPSA) is 100 Å². The lowest BCUT2D eigenvalue weighted by Gasteiger charge is -2.21. The van der Waals surface area contributed by atoms with E-state index in [4.69, 9.17) is 27.9 Å². The highest BCUT2D eigenvalue weighted by molar-refractivity contribution is 6.35. The molecule has 0 aromatic heterocycles. The number of hydrazone groups is 1. The summed E-state index contributed by atoms with van der Waals surface area (Å²) in [5.41, 5.74) is 3.70. The quantitative estimate of drug-likeness (QED) is 0.301. The first-order valence-electron chi connectivity index (χ1n) is 10.4. The molecule has 0 saturated heterocycles. The lowest BCUT2D eigenvalue weighted by molar-refractivity contribution is -0.132. The van der Waals surface area contributed by atoms with Gasteiger partial charge >= 0.3 is 0 Å². The molecular formula is C25H23Cl2N3O4. The number of halogens is 2. The first-order valence-corrected chi connectivity index (χ1v) is 11.2. The summed E-state index contributed by atoms with van der Waals surface area (Å²) < 4.78 is 5.65. The minimum atomic E-state index is -0.936. The Bertz CT molecular complexity index is 1170. The summed E-state index contributed by atoms with van der Waals surface area (Å²) in [6, 6.07) is 19.6. The second-order valence-electron chi connectivity index (χ2n) is 7.38. The zero-order valence-corrected chi connectivity index (χ0v) is 19.8. The fraction of sp³-hybridized carbons (Fsp3) is 0.160. The summed E-state index contributed by atoms with van der Waals surface area (Å²) in [4.78, 5) is 25.7. The number of hydrogen-bond acceptors (Lipinski definition) is 5. The van der Waals surface area contributed by atoms with E-state index >= 15 is 0 Å². The smallest absolute Gasteiger partial charge is 0.262 e. The van der Waals surface area contributed by atoms with Crippen LogP contribution < -0.4 is 15.5 Å². The van der Waals surface area contributed by atoms with Crippen LogP contribution in [0, 0.1) is 0 Å². The van der Waals surface area contributed by atoms with Gasteiger partial charge in [-0.3, -0.25) is 9.59 Å². The fourth-order valence-electron chi connectivity index (χ4n) is 3.00. The Kier molecular flexibility index (Phi) is 8.90. The number of phenolic OH excluding ortho intramolecular Hbond substituents is 1.